The van der Waals surface area contributed by atoms with E-state index in [4.69, 9.17) is 4.74 Å². The normalized spacial score (nSPS) is 23.2. The molecule has 1 aromatic carbocycles. The Hall–Kier alpha value is -1.39. The summed E-state index contributed by atoms with van der Waals surface area (Å²) in [5.74, 6) is 0.737. The van der Waals surface area contributed by atoms with Crippen LogP contribution in [0.25, 0.3) is 0 Å². The van der Waals surface area contributed by atoms with E-state index < -0.39 is 0 Å². The Balaban J connectivity index is 1.86. The number of nitrogens with zero attached hydrogens (tertiary/aromatic N) is 1. The lowest BCUT2D eigenvalue weighted by atomic mass is 10.00. The van der Waals surface area contributed by atoms with Crippen LogP contribution in [0.5, 0.6) is 0 Å². The fraction of sp³-hybridized carbons (Fsp3) is 0.650. The van der Waals surface area contributed by atoms with Crippen molar-refractivity contribution < 1.29 is 9.53 Å². The maximum absolute atomic E-state index is 12.4. The molecule has 134 valence electrons. The Morgan fingerprint density at radius 3 is 2.54 bits per heavy atom. The minimum absolute atomic E-state index is 0.0272. The largest absolute Gasteiger partial charge is 0.376 e. The number of nitrogens with one attached hydrogen (secondary N) is 1. The maximum atomic E-state index is 12.4. The van der Waals surface area contributed by atoms with Crippen molar-refractivity contribution in [2.24, 2.45) is 5.92 Å². The molecule has 1 fully saturated rings. The van der Waals surface area contributed by atoms with Crippen molar-refractivity contribution >= 4 is 5.91 Å². The number of carbonyl (C=O) groups is 1. The summed E-state index contributed by atoms with van der Waals surface area (Å²) in [7, 11) is 0. The topological polar surface area (TPSA) is 41.6 Å². The van der Waals surface area contributed by atoms with Gasteiger partial charge in [0.05, 0.1) is 25.3 Å². The van der Waals surface area contributed by atoms with Crippen molar-refractivity contribution in [2.45, 2.75) is 59.2 Å². The first-order chi connectivity index (χ1) is 11.3. The molecule has 1 saturated heterocycles. The molecular formula is C20H32N2O2. The van der Waals surface area contributed by atoms with Gasteiger partial charge in [0.2, 0.25) is 5.91 Å². The van der Waals surface area contributed by atoms with Gasteiger partial charge in [-0.15, -0.1) is 0 Å². The monoisotopic (exact) mass is 332 g/mol. The molecule has 1 N–H and O–H groups in total. The minimum atomic E-state index is 0.0272. The fourth-order valence-corrected chi connectivity index (χ4v) is 3.16. The molecule has 1 heterocycles. The molecule has 3 atom stereocenters. The maximum Gasteiger partial charge on any atom is 0.234 e. The van der Waals surface area contributed by atoms with Crippen LogP contribution in [-0.4, -0.2) is 42.6 Å². The first kappa shape index (κ1) is 18.9. The summed E-state index contributed by atoms with van der Waals surface area (Å²) in [6.07, 6.45) is 1.29. The summed E-state index contributed by atoms with van der Waals surface area (Å²) in [5.41, 5.74) is 2.50. The summed E-state index contributed by atoms with van der Waals surface area (Å²) < 4.78 is 5.62. The van der Waals surface area contributed by atoms with Crippen LogP contribution in [0.15, 0.2) is 24.3 Å². The minimum Gasteiger partial charge on any atom is -0.376 e. The SMILES string of the molecule is CC(C)Cc1ccc(C(C)NC(=O)CN2CC(C)OCC2C)cc1. The second kappa shape index (κ2) is 8.63. The number of benzene rings is 1. The van der Waals surface area contributed by atoms with Crippen LogP contribution in [0.3, 0.4) is 0 Å². The number of hydrogen-bond acceptors (Lipinski definition) is 3. The van der Waals surface area contributed by atoms with Crippen LogP contribution in [0.2, 0.25) is 0 Å². The van der Waals surface area contributed by atoms with Crippen LogP contribution in [0, 0.1) is 5.92 Å². The van der Waals surface area contributed by atoms with Crippen LogP contribution < -0.4 is 5.32 Å². The predicted octanol–water partition coefficient (Wildman–Crippen LogP) is 3.17. The molecule has 1 aliphatic heterocycles. The van der Waals surface area contributed by atoms with Gasteiger partial charge < -0.3 is 10.1 Å². The van der Waals surface area contributed by atoms with Crippen LogP contribution >= 0.6 is 0 Å². The molecule has 1 aromatic rings. The van der Waals surface area contributed by atoms with E-state index in [2.05, 4.69) is 62.2 Å². The lowest BCUT2D eigenvalue weighted by Crippen LogP contribution is -2.51. The van der Waals surface area contributed by atoms with Gasteiger partial charge in [0, 0.05) is 12.6 Å². The van der Waals surface area contributed by atoms with Gasteiger partial charge in [-0.2, -0.15) is 0 Å². The van der Waals surface area contributed by atoms with Gasteiger partial charge in [-0.25, -0.2) is 0 Å². The molecule has 1 aliphatic rings. The zero-order valence-corrected chi connectivity index (χ0v) is 15.7. The van der Waals surface area contributed by atoms with E-state index >= 15 is 0 Å². The third-order valence-corrected chi connectivity index (χ3v) is 4.58. The predicted molar refractivity (Wildman–Crippen MR) is 98.0 cm³/mol. The molecule has 0 spiro atoms. The van der Waals surface area contributed by atoms with Crippen molar-refractivity contribution in [3.05, 3.63) is 35.4 Å². The van der Waals surface area contributed by atoms with Gasteiger partial charge in [-0.3, -0.25) is 9.69 Å². The highest BCUT2D eigenvalue weighted by atomic mass is 16.5. The van der Waals surface area contributed by atoms with E-state index in [0.29, 0.717) is 19.1 Å². The van der Waals surface area contributed by atoms with Crippen LogP contribution in [0.1, 0.15) is 51.8 Å². The number of hydrogen-bond donors (Lipinski definition) is 1. The third-order valence-electron chi connectivity index (χ3n) is 4.58. The Bertz CT molecular complexity index is 527. The highest BCUT2D eigenvalue weighted by Gasteiger charge is 2.25. The summed E-state index contributed by atoms with van der Waals surface area (Å²) in [6.45, 7) is 12.6. The van der Waals surface area contributed by atoms with E-state index in [1.54, 1.807) is 0 Å². The molecule has 0 aliphatic carbocycles. The highest BCUT2D eigenvalue weighted by Crippen LogP contribution is 2.16. The van der Waals surface area contributed by atoms with Gasteiger partial charge in [0.25, 0.3) is 0 Å². The van der Waals surface area contributed by atoms with Crippen LogP contribution in [-0.2, 0) is 16.0 Å². The van der Waals surface area contributed by atoms with Gasteiger partial charge in [-0.05, 0) is 44.2 Å². The molecule has 0 aromatic heterocycles. The molecule has 3 unspecified atom stereocenters. The fourth-order valence-electron chi connectivity index (χ4n) is 3.16. The third kappa shape index (κ3) is 5.60. The van der Waals surface area contributed by atoms with Crippen molar-refractivity contribution in [3.63, 3.8) is 0 Å². The second-order valence-corrected chi connectivity index (χ2v) is 7.55. The first-order valence-electron chi connectivity index (χ1n) is 9.09. The Morgan fingerprint density at radius 1 is 1.25 bits per heavy atom. The van der Waals surface area contributed by atoms with Crippen molar-refractivity contribution in [1.82, 2.24) is 10.2 Å². The highest BCUT2D eigenvalue weighted by molar-refractivity contribution is 5.78. The van der Waals surface area contributed by atoms with E-state index in [0.717, 1.165) is 18.5 Å². The van der Waals surface area contributed by atoms with Crippen molar-refractivity contribution in [3.8, 4) is 0 Å². The quantitative estimate of drug-likeness (QED) is 0.870. The lowest BCUT2D eigenvalue weighted by molar-refractivity contribution is -0.126. The smallest absolute Gasteiger partial charge is 0.234 e. The molecule has 24 heavy (non-hydrogen) atoms. The molecule has 4 nitrogen and oxygen atoms in total. The molecule has 1 amide bonds. The van der Waals surface area contributed by atoms with Gasteiger partial charge >= 0.3 is 0 Å². The number of amides is 1. The molecule has 0 saturated carbocycles. The van der Waals surface area contributed by atoms with E-state index in [-0.39, 0.29) is 24.1 Å². The molecule has 0 radical (unpaired) electrons. The number of carbonyl (C=O) groups excluding carboxylic acids is 1. The van der Waals surface area contributed by atoms with Crippen molar-refractivity contribution in [2.75, 3.05) is 19.7 Å². The van der Waals surface area contributed by atoms with Crippen molar-refractivity contribution in [1.29, 1.82) is 0 Å². The average molecular weight is 332 g/mol. The van der Waals surface area contributed by atoms with Crippen LogP contribution in [0.4, 0.5) is 0 Å². The second-order valence-electron chi connectivity index (χ2n) is 7.55. The Kier molecular flexibility index (Phi) is 6.81. The summed E-state index contributed by atoms with van der Waals surface area (Å²) in [4.78, 5) is 14.6. The number of rotatable bonds is 6. The Morgan fingerprint density at radius 2 is 1.92 bits per heavy atom. The Labute approximate surface area is 146 Å². The summed E-state index contributed by atoms with van der Waals surface area (Å²) >= 11 is 0. The first-order valence-corrected chi connectivity index (χ1v) is 9.09. The lowest BCUT2D eigenvalue weighted by Gasteiger charge is -2.36. The number of morpholine rings is 1. The molecule has 4 heteroatoms. The van der Waals surface area contributed by atoms with E-state index in [1.807, 2.05) is 6.92 Å². The van der Waals surface area contributed by atoms with Gasteiger partial charge in [0.15, 0.2) is 0 Å². The zero-order chi connectivity index (χ0) is 17.7. The average Bonchev–Trinajstić information content (AvgIpc) is 2.51. The van der Waals surface area contributed by atoms with E-state index in [1.165, 1.54) is 5.56 Å². The van der Waals surface area contributed by atoms with Gasteiger partial charge in [-0.1, -0.05) is 38.1 Å². The molecule has 2 rings (SSSR count). The summed E-state index contributed by atoms with van der Waals surface area (Å²) in [5, 5.41) is 3.12. The van der Waals surface area contributed by atoms with E-state index in [9.17, 15) is 4.79 Å². The summed E-state index contributed by atoms with van der Waals surface area (Å²) in [6, 6.07) is 8.91. The standard InChI is InChI=1S/C20H32N2O2/c1-14(2)10-18-6-8-19(9-7-18)17(5)21-20(23)12-22-11-16(4)24-13-15(22)3/h6-9,14-17H,10-13H2,1-5H3,(H,21,23). The molecular weight excluding hydrogens is 300 g/mol. The zero-order valence-electron chi connectivity index (χ0n) is 15.7. The van der Waals surface area contributed by atoms with Gasteiger partial charge in [0.1, 0.15) is 0 Å². The number of ether oxygens (including phenoxy) is 1. The molecule has 0 bridgehead atoms.